The average Bonchev–Trinajstić information content (AvgIpc) is 2.38. The molecule has 0 saturated carbocycles. The standard InChI is InChI=1S/C15H12Cl2/c16-15(17)14-9-5-4-8-13(14)11-10-12-6-2-1-3-7-12/h1-11,15H/b11-10+. The maximum absolute atomic E-state index is 5.92. The Labute approximate surface area is 112 Å². The summed E-state index contributed by atoms with van der Waals surface area (Å²) in [4.78, 5) is -0.494. The lowest BCUT2D eigenvalue weighted by molar-refractivity contribution is 1.33. The molecule has 2 rings (SSSR count). The van der Waals surface area contributed by atoms with Crippen LogP contribution in [0.1, 0.15) is 21.5 Å². The highest BCUT2D eigenvalue weighted by atomic mass is 35.5. The van der Waals surface area contributed by atoms with Gasteiger partial charge < -0.3 is 0 Å². The summed E-state index contributed by atoms with van der Waals surface area (Å²) >= 11 is 11.8. The highest BCUT2D eigenvalue weighted by molar-refractivity contribution is 6.44. The monoisotopic (exact) mass is 262 g/mol. The van der Waals surface area contributed by atoms with Gasteiger partial charge in [0.1, 0.15) is 4.84 Å². The molecule has 0 fully saturated rings. The van der Waals surface area contributed by atoms with E-state index < -0.39 is 4.84 Å². The van der Waals surface area contributed by atoms with E-state index in [1.807, 2.05) is 48.5 Å². The Balaban J connectivity index is 2.27. The minimum absolute atomic E-state index is 0.494. The molecule has 0 aliphatic rings. The van der Waals surface area contributed by atoms with Crippen LogP contribution in [0, 0.1) is 0 Å². The summed E-state index contributed by atoms with van der Waals surface area (Å²) in [5.74, 6) is 0. The Morgan fingerprint density at radius 3 is 2.12 bits per heavy atom. The Kier molecular flexibility index (Phi) is 4.24. The van der Waals surface area contributed by atoms with Crippen molar-refractivity contribution in [3.05, 3.63) is 71.3 Å². The molecule has 0 saturated heterocycles. The van der Waals surface area contributed by atoms with Crippen LogP contribution in [-0.4, -0.2) is 0 Å². The van der Waals surface area contributed by atoms with Gasteiger partial charge in [0, 0.05) is 0 Å². The zero-order valence-electron chi connectivity index (χ0n) is 9.18. The average molecular weight is 263 g/mol. The molecule has 0 aliphatic carbocycles. The minimum Gasteiger partial charge on any atom is -0.100 e. The normalized spacial score (nSPS) is 11.2. The fraction of sp³-hybridized carbons (Fsp3) is 0.0667. The van der Waals surface area contributed by atoms with Gasteiger partial charge in [0.05, 0.1) is 0 Å². The van der Waals surface area contributed by atoms with E-state index in [1.54, 1.807) is 0 Å². The smallest absolute Gasteiger partial charge is 0.100 e. The molecule has 0 atom stereocenters. The van der Waals surface area contributed by atoms with Gasteiger partial charge in [0.2, 0.25) is 0 Å². The van der Waals surface area contributed by atoms with E-state index in [2.05, 4.69) is 18.2 Å². The topological polar surface area (TPSA) is 0 Å². The lowest BCUT2D eigenvalue weighted by Gasteiger charge is -2.05. The minimum atomic E-state index is -0.494. The zero-order valence-corrected chi connectivity index (χ0v) is 10.7. The van der Waals surface area contributed by atoms with Crippen LogP contribution in [0.4, 0.5) is 0 Å². The van der Waals surface area contributed by atoms with Crippen molar-refractivity contribution in [3.63, 3.8) is 0 Å². The fourth-order valence-corrected chi connectivity index (χ4v) is 2.01. The highest BCUT2D eigenvalue weighted by Gasteiger charge is 2.06. The first kappa shape index (κ1) is 12.2. The SMILES string of the molecule is ClC(Cl)c1ccccc1/C=C/c1ccccc1. The lowest BCUT2D eigenvalue weighted by atomic mass is 10.1. The third kappa shape index (κ3) is 3.36. The maximum atomic E-state index is 5.92. The summed E-state index contributed by atoms with van der Waals surface area (Å²) in [6.07, 6.45) is 4.08. The second kappa shape index (κ2) is 5.90. The molecule has 0 heterocycles. The molecular weight excluding hydrogens is 251 g/mol. The van der Waals surface area contributed by atoms with Crippen molar-refractivity contribution in [2.45, 2.75) is 4.84 Å². The highest BCUT2D eigenvalue weighted by Crippen LogP contribution is 2.28. The van der Waals surface area contributed by atoms with Crippen LogP contribution in [0.2, 0.25) is 0 Å². The van der Waals surface area contributed by atoms with E-state index in [4.69, 9.17) is 23.2 Å². The summed E-state index contributed by atoms with van der Waals surface area (Å²) in [5.41, 5.74) is 3.14. The van der Waals surface area contributed by atoms with Gasteiger partial charge in [0.25, 0.3) is 0 Å². The molecule has 0 nitrogen and oxygen atoms in total. The molecule has 2 aromatic carbocycles. The molecule has 0 spiro atoms. The summed E-state index contributed by atoms with van der Waals surface area (Å²) < 4.78 is 0. The van der Waals surface area contributed by atoms with Gasteiger partial charge >= 0.3 is 0 Å². The number of benzene rings is 2. The molecule has 86 valence electrons. The second-order valence-electron chi connectivity index (χ2n) is 3.67. The van der Waals surface area contributed by atoms with Crippen molar-refractivity contribution in [1.82, 2.24) is 0 Å². The maximum Gasteiger partial charge on any atom is 0.133 e. The number of alkyl halides is 2. The molecule has 0 amide bonds. The largest absolute Gasteiger partial charge is 0.133 e. The van der Waals surface area contributed by atoms with Crippen molar-refractivity contribution in [2.75, 3.05) is 0 Å². The van der Waals surface area contributed by atoms with Crippen LogP contribution >= 0.6 is 23.2 Å². The van der Waals surface area contributed by atoms with Gasteiger partial charge in [-0.1, -0.05) is 66.7 Å². The molecular formula is C15H12Cl2. The summed E-state index contributed by atoms with van der Waals surface area (Å²) in [7, 11) is 0. The number of hydrogen-bond donors (Lipinski definition) is 0. The van der Waals surface area contributed by atoms with Gasteiger partial charge in [-0.15, -0.1) is 23.2 Å². The Bertz CT molecular complexity index is 501. The van der Waals surface area contributed by atoms with E-state index in [-0.39, 0.29) is 0 Å². The van der Waals surface area contributed by atoms with Crippen molar-refractivity contribution < 1.29 is 0 Å². The van der Waals surface area contributed by atoms with Gasteiger partial charge in [-0.05, 0) is 16.7 Å². The first-order chi connectivity index (χ1) is 8.27. The predicted molar refractivity (Wildman–Crippen MR) is 76.3 cm³/mol. The quantitative estimate of drug-likeness (QED) is 0.518. The van der Waals surface area contributed by atoms with Crippen LogP contribution in [0.25, 0.3) is 12.2 Å². The predicted octanol–water partition coefficient (Wildman–Crippen LogP) is 5.33. The van der Waals surface area contributed by atoms with E-state index in [0.29, 0.717) is 0 Å². The molecule has 2 aromatic rings. The number of hydrogen-bond acceptors (Lipinski definition) is 0. The van der Waals surface area contributed by atoms with Crippen LogP contribution < -0.4 is 0 Å². The first-order valence-electron chi connectivity index (χ1n) is 5.37. The van der Waals surface area contributed by atoms with Crippen molar-refractivity contribution >= 4 is 35.4 Å². The van der Waals surface area contributed by atoms with Crippen molar-refractivity contribution in [1.29, 1.82) is 0 Å². The van der Waals surface area contributed by atoms with Crippen molar-refractivity contribution in [2.24, 2.45) is 0 Å². The zero-order chi connectivity index (χ0) is 12.1. The van der Waals surface area contributed by atoms with Gasteiger partial charge in [-0.3, -0.25) is 0 Å². The van der Waals surface area contributed by atoms with Crippen LogP contribution in [0.5, 0.6) is 0 Å². The molecule has 0 radical (unpaired) electrons. The number of rotatable bonds is 3. The third-order valence-corrected chi connectivity index (χ3v) is 2.96. The third-order valence-electron chi connectivity index (χ3n) is 2.49. The Hall–Kier alpha value is -1.24. The summed E-state index contributed by atoms with van der Waals surface area (Å²) in [6.45, 7) is 0. The summed E-state index contributed by atoms with van der Waals surface area (Å²) in [5, 5.41) is 0. The van der Waals surface area contributed by atoms with Crippen LogP contribution in [0.15, 0.2) is 54.6 Å². The molecule has 0 unspecified atom stereocenters. The van der Waals surface area contributed by atoms with E-state index >= 15 is 0 Å². The van der Waals surface area contributed by atoms with E-state index in [0.717, 1.165) is 16.7 Å². The fourth-order valence-electron chi connectivity index (χ4n) is 1.61. The van der Waals surface area contributed by atoms with Gasteiger partial charge in [-0.25, -0.2) is 0 Å². The molecule has 0 N–H and O–H groups in total. The molecule has 0 aromatic heterocycles. The Morgan fingerprint density at radius 2 is 1.41 bits per heavy atom. The van der Waals surface area contributed by atoms with Gasteiger partial charge in [0.15, 0.2) is 0 Å². The van der Waals surface area contributed by atoms with Crippen LogP contribution in [0.3, 0.4) is 0 Å². The van der Waals surface area contributed by atoms with Crippen molar-refractivity contribution in [3.8, 4) is 0 Å². The first-order valence-corrected chi connectivity index (χ1v) is 6.25. The molecule has 0 bridgehead atoms. The molecule has 17 heavy (non-hydrogen) atoms. The summed E-state index contributed by atoms with van der Waals surface area (Å²) in [6, 6.07) is 18.0. The molecule has 2 heteroatoms. The van der Waals surface area contributed by atoms with Gasteiger partial charge in [-0.2, -0.15) is 0 Å². The van der Waals surface area contributed by atoms with Crippen LogP contribution in [-0.2, 0) is 0 Å². The van der Waals surface area contributed by atoms with E-state index in [1.165, 1.54) is 0 Å². The number of halogens is 2. The molecule has 0 aliphatic heterocycles. The van der Waals surface area contributed by atoms with E-state index in [9.17, 15) is 0 Å². The lowest BCUT2D eigenvalue weighted by Crippen LogP contribution is -1.86. The second-order valence-corrected chi connectivity index (χ2v) is 4.77. The Morgan fingerprint density at radius 1 is 0.765 bits per heavy atom.